The summed E-state index contributed by atoms with van der Waals surface area (Å²) >= 11 is 3.01. The van der Waals surface area contributed by atoms with E-state index < -0.39 is 4.92 Å². The number of Topliss-reactive ketones (excluding diaryl/α,β-unsaturated/α-hetero) is 1. The lowest BCUT2D eigenvalue weighted by atomic mass is 10.0. The molecule has 0 saturated heterocycles. The molecule has 0 spiro atoms. The Morgan fingerprint density at radius 2 is 2.15 bits per heavy atom. The SMILES string of the molecule is Nc1nccc(-c2cccc(C(=O)CBr)c2[N+](=O)[O-])n1. The second-order valence-electron chi connectivity index (χ2n) is 3.82. The fourth-order valence-corrected chi connectivity index (χ4v) is 2.07. The van der Waals surface area contributed by atoms with Gasteiger partial charge in [-0.15, -0.1) is 0 Å². The zero-order chi connectivity index (χ0) is 14.7. The van der Waals surface area contributed by atoms with Gasteiger partial charge in [-0.05, 0) is 18.2 Å². The summed E-state index contributed by atoms with van der Waals surface area (Å²) in [6.07, 6.45) is 1.40. The number of carbonyl (C=O) groups is 1. The number of nitrogens with two attached hydrogens (primary N) is 1. The average molecular weight is 337 g/mol. The number of halogens is 1. The molecule has 20 heavy (non-hydrogen) atoms. The molecule has 2 N–H and O–H groups in total. The predicted molar refractivity (Wildman–Crippen MR) is 76.7 cm³/mol. The molecule has 1 heterocycles. The molecule has 8 heteroatoms. The number of nitro benzene ring substituents is 1. The van der Waals surface area contributed by atoms with Crippen molar-refractivity contribution in [2.24, 2.45) is 0 Å². The first-order valence-corrected chi connectivity index (χ1v) is 6.62. The molecule has 2 rings (SSSR count). The standard InChI is InChI=1S/C12H9BrN4O3/c13-6-10(18)8-3-1-2-7(11(8)17(19)20)9-4-5-15-12(14)16-9/h1-5H,6H2,(H2,14,15,16). The molecule has 0 bridgehead atoms. The van der Waals surface area contributed by atoms with Crippen molar-refractivity contribution < 1.29 is 9.72 Å². The maximum atomic E-state index is 11.8. The fourth-order valence-electron chi connectivity index (χ4n) is 1.77. The number of carbonyl (C=O) groups excluding carboxylic acids is 1. The van der Waals surface area contributed by atoms with E-state index in [0.717, 1.165) is 0 Å². The number of nitrogens with zero attached hydrogens (tertiary/aromatic N) is 3. The van der Waals surface area contributed by atoms with Crippen LogP contribution in [0.5, 0.6) is 0 Å². The Labute approximate surface area is 122 Å². The summed E-state index contributed by atoms with van der Waals surface area (Å²) in [6, 6.07) is 6.00. The molecular weight excluding hydrogens is 328 g/mol. The van der Waals surface area contributed by atoms with E-state index in [2.05, 4.69) is 25.9 Å². The molecule has 2 aromatic rings. The summed E-state index contributed by atoms with van der Waals surface area (Å²) in [5.41, 5.74) is 5.76. The third-order valence-corrected chi connectivity index (χ3v) is 3.10. The number of ketones is 1. The van der Waals surface area contributed by atoms with Crippen molar-refractivity contribution in [2.75, 3.05) is 11.1 Å². The van der Waals surface area contributed by atoms with Crippen molar-refractivity contribution in [3.05, 3.63) is 46.1 Å². The van der Waals surface area contributed by atoms with Gasteiger partial charge in [-0.3, -0.25) is 14.9 Å². The number of nitrogen functional groups attached to an aromatic ring is 1. The van der Waals surface area contributed by atoms with E-state index in [1.165, 1.54) is 24.4 Å². The van der Waals surface area contributed by atoms with Gasteiger partial charge in [0, 0.05) is 6.20 Å². The summed E-state index contributed by atoms with van der Waals surface area (Å²) in [5, 5.41) is 11.3. The molecule has 0 amide bonds. The molecule has 0 unspecified atom stereocenters. The Balaban J connectivity index is 2.70. The lowest BCUT2D eigenvalue weighted by molar-refractivity contribution is -0.384. The van der Waals surface area contributed by atoms with Crippen molar-refractivity contribution in [1.82, 2.24) is 9.97 Å². The highest BCUT2D eigenvalue weighted by Crippen LogP contribution is 2.32. The van der Waals surface area contributed by atoms with Crippen LogP contribution in [0.25, 0.3) is 11.3 Å². The molecule has 102 valence electrons. The predicted octanol–water partition coefficient (Wildman–Crippen LogP) is 2.21. The van der Waals surface area contributed by atoms with Gasteiger partial charge < -0.3 is 5.73 Å². The average Bonchev–Trinajstić information content (AvgIpc) is 2.45. The van der Waals surface area contributed by atoms with Crippen LogP contribution < -0.4 is 5.73 Å². The minimum Gasteiger partial charge on any atom is -0.368 e. The van der Waals surface area contributed by atoms with Crippen LogP contribution in [-0.2, 0) is 0 Å². The lowest BCUT2D eigenvalue weighted by Crippen LogP contribution is -2.07. The number of para-hydroxylation sites is 1. The number of anilines is 1. The topological polar surface area (TPSA) is 112 Å². The first-order valence-electron chi connectivity index (χ1n) is 5.50. The molecular formula is C12H9BrN4O3. The zero-order valence-corrected chi connectivity index (χ0v) is 11.7. The molecule has 0 atom stereocenters. The number of hydrogen-bond donors (Lipinski definition) is 1. The Hall–Kier alpha value is -2.35. The van der Waals surface area contributed by atoms with Crippen LogP contribution in [0.3, 0.4) is 0 Å². The first kappa shape index (κ1) is 14.1. The van der Waals surface area contributed by atoms with E-state index >= 15 is 0 Å². The Morgan fingerprint density at radius 3 is 2.75 bits per heavy atom. The fraction of sp³-hybridized carbons (Fsp3) is 0.0833. The van der Waals surface area contributed by atoms with Gasteiger partial charge in [-0.25, -0.2) is 9.97 Å². The van der Waals surface area contributed by atoms with E-state index in [-0.39, 0.29) is 33.9 Å². The van der Waals surface area contributed by atoms with Crippen molar-refractivity contribution in [3.63, 3.8) is 0 Å². The van der Waals surface area contributed by atoms with Gasteiger partial charge in [0.15, 0.2) is 5.78 Å². The highest BCUT2D eigenvalue weighted by molar-refractivity contribution is 9.09. The molecule has 1 aromatic carbocycles. The van der Waals surface area contributed by atoms with E-state index in [1.807, 2.05) is 0 Å². The molecule has 0 radical (unpaired) electrons. The molecule has 7 nitrogen and oxygen atoms in total. The van der Waals surface area contributed by atoms with Crippen LogP contribution in [0.2, 0.25) is 0 Å². The number of hydrogen-bond acceptors (Lipinski definition) is 6. The normalized spacial score (nSPS) is 10.2. The van der Waals surface area contributed by atoms with E-state index in [9.17, 15) is 14.9 Å². The minimum absolute atomic E-state index is 0.00318. The third kappa shape index (κ3) is 2.64. The van der Waals surface area contributed by atoms with Crippen molar-refractivity contribution in [3.8, 4) is 11.3 Å². The van der Waals surface area contributed by atoms with Crippen molar-refractivity contribution in [2.45, 2.75) is 0 Å². The van der Waals surface area contributed by atoms with Gasteiger partial charge >= 0.3 is 0 Å². The summed E-state index contributed by atoms with van der Waals surface area (Å²) < 4.78 is 0. The van der Waals surface area contributed by atoms with Crippen LogP contribution in [0.15, 0.2) is 30.5 Å². The van der Waals surface area contributed by atoms with Crippen LogP contribution in [-0.4, -0.2) is 26.0 Å². The second kappa shape index (κ2) is 5.74. The summed E-state index contributed by atoms with van der Waals surface area (Å²) in [6.45, 7) is 0. The molecule has 0 aliphatic heterocycles. The second-order valence-corrected chi connectivity index (χ2v) is 4.38. The highest BCUT2D eigenvalue weighted by atomic mass is 79.9. The van der Waals surface area contributed by atoms with Crippen molar-refractivity contribution in [1.29, 1.82) is 0 Å². The smallest absolute Gasteiger partial charge is 0.289 e. The van der Waals surface area contributed by atoms with Gasteiger partial charge in [-0.1, -0.05) is 22.0 Å². The van der Waals surface area contributed by atoms with Crippen LogP contribution >= 0.6 is 15.9 Å². The largest absolute Gasteiger partial charge is 0.368 e. The number of aromatic nitrogens is 2. The lowest BCUT2D eigenvalue weighted by Gasteiger charge is -2.06. The Kier molecular flexibility index (Phi) is 4.04. The first-order chi connectivity index (χ1) is 9.54. The van der Waals surface area contributed by atoms with E-state index in [0.29, 0.717) is 5.69 Å². The maximum absolute atomic E-state index is 11.8. The van der Waals surface area contributed by atoms with Gasteiger partial charge in [0.05, 0.1) is 27.1 Å². The Morgan fingerprint density at radius 1 is 1.40 bits per heavy atom. The Bertz CT molecular complexity index is 690. The van der Waals surface area contributed by atoms with Crippen LogP contribution in [0.4, 0.5) is 11.6 Å². The molecule has 1 aromatic heterocycles. The summed E-state index contributed by atoms with van der Waals surface area (Å²) in [4.78, 5) is 30.2. The van der Waals surface area contributed by atoms with Crippen LogP contribution in [0.1, 0.15) is 10.4 Å². The summed E-state index contributed by atoms with van der Waals surface area (Å²) in [7, 11) is 0. The monoisotopic (exact) mass is 336 g/mol. The number of benzene rings is 1. The van der Waals surface area contributed by atoms with Crippen molar-refractivity contribution >= 4 is 33.3 Å². The number of alkyl halides is 1. The molecule has 0 aliphatic rings. The summed E-state index contributed by atoms with van der Waals surface area (Å²) in [5.74, 6) is -0.366. The van der Waals surface area contributed by atoms with E-state index in [1.54, 1.807) is 6.07 Å². The van der Waals surface area contributed by atoms with Gasteiger partial charge in [0.2, 0.25) is 5.95 Å². The van der Waals surface area contributed by atoms with Gasteiger partial charge in [-0.2, -0.15) is 0 Å². The molecule has 0 fully saturated rings. The molecule has 0 aliphatic carbocycles. The zero-order valence-electron chi connectivity index (χ0n) is 10.1. The molecule has 0 saturated carbocycles. The van der Waals surface area contributed by atoms with Gasteiger partial charge in [0.1, 0.15) is 0 Å². The highest BCUT2D eigenvalue weighted by Gasteiger charge is 2.25. The maximum Gasteiger partial charge on any atom is 0.289 e. The number of nitro groups is 1. The van der Waals surface area contributed by atoms with E-state index in [4.69, 9.17) is 5.73 Å². The van der Waals surface area contributed by atoms with Gasteiger partial charge in [0.25, 0.3) is 5.69 Å². The number of rotatable bonds is 4. The van der Waals surface area contributed by atoms with Crippen LogP contribution in [0, 0.1) is 10.1 Å². The minimum atomic E-state index is -0.594. The third-order valence-electron chi connectivity index (χ3n) is 2.59. The quantitative estimate of drug-likeness (QED) is 0.396.